The van der Waals surface area contributed by atoms with Gasteiger partial charge < -0.3 is 14.5 Å². The fraction of sp³-hybridized carbons (Fsp3) is 0.0870. The van der Waals surface area contributed by atoms with E-state index in [1.807, 2.05) is 61.5 Å². The van der Waals surface area contributed by atoms with Gasteiger partial charge in [0.2, 0.25) is 5.89 Å². The number of hydrogen-bond acceptors (Lipinski definition) is 5. The first kappa shape index (κ1) is 19.6. The number of benzene rings is 3. The molecule has 1 aromatic heterocycles. The van der Waals surface area contributed by atoms with Crippen molar-refractivity contribution < 1.29 is 13.9 Å². The third-order valence-corrected chi connectivity index (χ3v) is 4.67. The van der Waals surface area contributed by atoms with Crippen LogP contribution in [0.2, 0.25) is 0 Å². The van der Waals surface area contributed by atoms with Crippen LogP contribution in [0, 0.1) is 6.92 Å². The van der Waals surface area contributed by atoms with Crippen LogP contribution in [0.1, 0.15) is 15.9 Å². The first-order chi connectivity index (χ1) is 14.5. The maximum atomic E-state index is 12.4. The van der Waals surface area contributed by atoms with Crippen molar-refractivity contribution in [1.29, 1.82) is 0 Å². The van der Waals surface area contributed by atoms with Gasteiger partial charge in [0.05, 0.1) is 7.11 Å². The van der Waals surface area contributed by atoms with Crippen LogP contribution >= 0.6 is 12.2 Å². The van der Waals surface area contributed by atoms with Crippen LogP contribution in [0.3, 0.4) is 0 Å². The number of aryl methyl sites for hydroxylation is 1. The van der Waals surface area contributed by atoms with E-state index in [4.69, 9.17) is 21.4 Å². The Morgan fingerprint density at radius 2 is 1.90 bits per heavy atom. The Balaban J connectivity index is 1.49. The number of ether oxygens (including phenoxy) is 1. The summed E-state index contributed by atoms with van der Waals surface area (Å²) in [6, 6.07) is 20.2. The number of anilines is 1. The predicted molar refractivity (Wildman–Crippen MR) is 121 cm³/mol. The number of carbonyl (C=O) groups is 1. The number of fused-ring (bicyclic) bond motifs is 1. The maximum Gasteiger partial charge on any atom is 0.257 e. The quantitative estimate of drug-likeness (QED) is 0.458. The first-order valence-electron chi connectivity index (χ1n) is 9.26. The fourth-order valence-corrected chi connectivity index (χ4v) is 3.22. The van der Waals surface area contributed by atoms with E-state index >= 15 is 0 Å². The lowest BCUT2D eigenvalue weighted by Gasteiger charge is -2.10. The standard InChI is InChI=1S/C23H19N3O3S/c1-14-5-3-6-15(11-14)21(27)26-23(30)24-17-8-4-7-16(12-17)22-25-19-13-18(28-2)9-10-20(19)29-22/h3-13H,1-2H3,(H2,24,26,27,30). The summed E-state index contributed by atoms with van der Waals surface area (Å²) in [5, 5.41) is 5.93. The van der Waals surface area contributed by atoms with Gasteiger partial charge in [-0.2, -0.15) is 0 Å². The summed E-state index contributed by atoms with van der Waals surface area (Å²) < 4.78 is 11.1. The minimum absolute atomic E-state index is 0.209. The zero-order chi connectivity index (χ0) is 21.1. The molecule has 0 bridgehead atoms. The highest BCUT2D eigenvalue weighted by Gasteiger charge is 2.11. The van der Waals surface area contributed by atoms with Crippen molar-refractivity contribution in [3.8, 4) is 17.2 Å². The Morgan fingerprint density at radius 1 is 1.07 bits per heavy atom. The van der Waals surface area contributed by atoms with Gasteiger partial charge in [0, 0.05) is 22.9 Å². The van der Waals surface area contributed by atoms with Crippen molar-refractivity contribution in [3.63, 3.8) is 0 Å². The van der Waals surface area contributed by atoms with Crippen LogP contribution in [-0.4, -0.2) is 23.1 Å². The Bertz CT molecular complexity index is 1250. The summed E-state index contributed by atoms with van der Waals surface area (Å²) >= 11 is 5.29. The SMILES string of the molecule is COc1ccc2oc(-c3cccc(NC(=S)NC(=O)c4cccc(C)c4)c3)nc2c1. The van der Waals surface area contributed by atoms with E-state index < -0.39 is 0 Å². The molecule has 1 heterocycles. The Hall–Kier alpha value is -3.71. The number of carbonyl (C=O) groups excluding carboxylic acids is 1. The molecule has 30 heavy (non-hydrogen) atoms. The molecule has 0 atom stereocenters. The molecule has 0 aliphatic carbocycles. The van der Waals surface area contributed by atoms with Crippen LogP contribution < -0.4 is 15.4 Å². The van der Waals surface area contributed by atoms with E-state index in [-0.39, 0.29) is 11.0 Å². The van der Waals surface area contributed by atoms with Gasteiger partial charge in [0.15, 0.2) is 10.7 Å². The molecule has 2 N–H and O–H groups in total. The van der Waals surface area contributed by atoms with Gasteiger partial charge in [-0.1, -0.05) is 23.8 Å². The largest absolute Gasteiger partial charge is 0.497 e. The lowest BCUT2D eigenvalue weighted by molar-refractivity contribution is 0.0977. The van der Waals surface area contributed by atoms with E-state index in [0.29, 0.717) is 34.0 Å². The summed E-state index contributed by atoms with van der Waals surface area (Å²) in [4.78, 5) is 16.9. The molecule has 0 saturated heterocycles. The number of aromatic nitrogens is 1. The minimum atomic E-state index is -0.264. The molecule has 0 unspecified atom stereocenters. The monoisotopic (exact) mass is 417 g/mol. The number of oxazole rings is 1. The number of thiocarbonyl (C=S) groups is 1. The number of nitrogens with zero attached hydrogens (tertiary/aromatic N) is 1. The van der Waals surface area contributed by atoms with E-state index in [9.17, 15) is 4.79 Å². The second-order valence-corrected chi connectivity index (χ2v) is 7.12. The smallest absolute Gasteiger partial charge is 0.257 e. The van der Waals surface area contributed by atoms with Gasteiger partial charge in [-0.3, -0.25) is 10.1 Å². The molecule has 1 amide bonds. The molecule has 0 spiro atoms. The van der Waals surface area contributed by atoms with E-state index in [1.165, 1.54) is 0 Å². The van der Waals surface area contributed by atoms with Crippen LogP contribution in [-0.2, 0) is 0 Å². The number of methoxy groups -OCH3 is 1. The minimum Gasteiger partial charge on any atom is -0.497 e. The Morgan fingerprint density at radius 3 is 2.70 bits per heavy atom. The second-order valence-electron chi connectivity index (χ2n) is 6.71. The highest BCUT2D eigenvalue weighted by atomic mass is 32.1. The molecule has 4 rings (SSSR count). The predicted octanol–water partition coefficient (Wildman–Crippen LogP) is 4.94. The zero-order valence-corrected chi connectivity index (χ0v) is 17.2. The second kappa shape index (κ2) is 8.34. The summed E-state index contributed by atoms with van der Waals surface area (Å²) in [5.41, 5.74) is 4.43. The van der Waals surface area contributed by atoms with Crippen LogP contribution in [0.15, 0.2) is 71.1 Å². The fourth-order valence-electron chi connectivity index (χ4n) is 3.01. The molecule has 0 aliphatic rings. The van der Waals surface area contributed by atoms with Gasteiger partial charge in [-0.05, 0) is 61.6 Å². The number of rotatable bonds is 4. The van der Waals surface area contributed by atoms with Crippen LogP contribution in [0.25, 0.3) is 22.6 Å². The normalized spacial score (nSPS) is 10.6. The van der Waals surface area contributed by atoms with Crippen molar-refractivity contribution in [2.45, 2.75) is 6.92 Å². The van der Waals surface area contributed by atoms with E-state index in [2.05, 4.69) is 15.6 Å². The lowest BCUT2D eigenvalue weighted by Crippen LogP contribution is -2.34. The summed E-state index contributed by atoms with van der Waals surface area (Å²) in [6.07, 6.45) is 0. The molecule has 0 aliphatic heterocycles. The molecule has 0 radical (unpaired) electrons. The molecule has 6 nitrogen and oxygen atoms in total. The van der Waals surface area contributed by atoms with Gasteiger partial charge in [-0.15, -0.1) is 0 Å². The highest BCUT2D eigenvalue weighted by Crippen LogP contribution is 2.28. The number of hydrogen-bond donors (Lipinski definition) is 2. The summed E-state index contributed by atoms with van der Waals surface area (Å²) in [5.74, 6) is 0.935. The molecule has 3 aromatic carbocycles. The number of nitrogens with one attached hydrogen (secondary N) is 2. The van der Waals surface area contributed by atoms with Crippen molar-refractivity contribution >= 4 is 40.0 Å². The topological polar surface area (TPSA) is 76.4 Å². The molecular weight excluding hydrogens is 398 g/mol. The van der Waals surface area contributed by atoms with Crippen molar-refractivity contribution in [2.75, 3.05) is 12.4 Å². The Labute approximate surface area is 178 Å². The average molecular weight is 417 g/mol. The molecule has 4 aromatic rings. The van der Waals surface area contributed by atoms with Gasteiger partial charge in [-0.25, -0.2) is 4.98 Å². The number of amides is 1. The Kier molecular flexibility index (Phi) is 5.45. The van der Waals surface area contributed by atoms with Crippen molar-refractivity contribution in [3.05, 3.63) is 77.9 Å². The van der Waals surface area contributed by atoms with E-state index in [0.717, 1.165) is 11.1 Å². The van der Waals surface area contributed by atoms with Gasteiger partial charge in [0.1, 0.15) is 11.3 Å². The van der Waals surface area contributed by atoms with E-state index in [1.54, 1.807) is 19.2 Å². The maximum absolute atomic E-state index is 12.4. The summed E-state index contributed by atoms with van der Waals surface area (Å²) in [6.45, 7) is 1.93. The third kappa shape index (κ3) is 4.31. The van der Waals surface area contributed by atoms with Gasteiger partial charge >= 0.3 is 0 Å². The lowest BCUT2D eigenvalue weighted by atomic mass is 10.1. The molecule has 0 fully saturated rings. The van der Waals surface area contributed by atoms with Crippen molar-refractivity contribution in [2.24, 2.45) is 0 Å². The zero-order valence-electron chi connectivity index (χ0n) is 16.4. The van der Waals surface area contributed by atoms with Crippen LogP contribution in [0.5, 0.6) is 5.75 Å². The first-order valence-corrected chi connectivity index (χ1v) is 9.67. The third-order valence-electron chi connectivity index (χ3n) is 4.47. The summed E-state index contributed by atoms with van der Waals surface area (Å²) in [7, 11) is 1.61. The van der Waals surface area contributed by atoms with Crippen LogP contribution in [0.4, 0.5) is 5.69 Å². The average Bonchev–Trinajstić information content (AvgIpc) is 3.17. The van der Waals surface area contributed by atoms with Crippen molar-refractivity contribution in [1.82, 2.24) is 10.3 Å². The van der Waals surface area contributed by atoms with Gasteiger partial charge in [0.25, 0.3) is 5.91 Å². The molecule has 0 saturated carbocycles. The highest BCUT2D eigenvalue weighted by molar-refractivity contribution is 7.80. The molecular formula is C23H19N3O3S. The molecule has 150 valence electrons. The molecule has 7 heteroatoms.